The third-order valence-electron chi connectivity index (χ3n) is 3.67. The number of rotatable bonds is 3. The van der Waals surface area contributed by atoms with E-state index in [9.17, 15) is 9.59 Å². The van der Waals surface area contributed by atoms with E-state index >= 15 is 0 Å². The minimum absolute atomic E-state index is 0.0207. The Kier molecular flexibility index (Phi) is 3.00. The number of nitrogen functional groups attached to an aromatic ring is 2. The second-order valence-electron chi connectivity index (χ2n) is 5.41. The van der Waals surface area contributed by atoms with Gasteiger partial charge in [-0.1, -0.05) is 6.92 Å². The molecule has 0 aliphatic carbocycles. The summed E-state index contributed by atoms with van der Waals surface area (Å²) in [5, 5.41) is 0. The summed E-state index contributed by atoms with van der Waals surface area (Å²) in [7, 11) is 0. The zero-order valence-corrected chi connectivity index (χ0v) is 11.5. The van der Waals surface area contributed by atoms with Crippen LogP contribution in [0.4, 0.5) is 17.1 Å². The third kappa shape index (κ3) is 1.95. The Balaban J connectivity index is 2.54. The number of benzene rings is 1. The fourth-order valence-corrected chi connectivity index (χ4v) is 2.35. The summed E-state index contributed by atoms with van der Waals surface area (Å²) in [5.41, 5.74) is 13.4. The third-order valence-corrected chi connectivity index (χ3v) is 3.67. The minimum Gasteiger partial charge on any atom is -0.397 e. The molecule has 102 valence electrons. The molecule has 1 aromatic rings. The number of nitrogens with two attached hydrogens (primary N) is 2. The molecule has 1 aromatic carbocycles. The zero-order valence-electron chi connectivity index (χ0n) is 11.5. The molecule has 1 aliphatic heterocycles. The SMILES string of the molecule is CCC(=O)CN1C(=O)C(C)(C)c2cc(N)c(N)cc21. The van der Waals surface area contributed by atoms with E-state index in [1.807, 2.05) is 13.8 Å². The summed E-state index contributed by atoms with van der Waals surface area (Å²) < 4.78 is 0. The maximum absolute atomic E-state index is 12.5. The number of fused-ring (bicyclic) bond motifs is 1. The quantitative estimate of drug-likeness (QED) is 0.806. The van der Waals surface area contributed by atoms with Gasteiger partial charge in [-0.2, -0.15) is 0 Å². The van der Waals surface area contributed by atoms with Crippen molar-refractivity contribution in [2.45, 2.75) is 32.6 Å². The molecule has 1 aliphatic rings. The van der Waals surface area contributed by atoms with Crippen LogP contribution in [0.1, 0.15) is 32.8 Å². The van der Waals surface area contributed by atoms with Gasteiger partial charge in [-0.15, -0.1) is 0 Å². The monoisotopic (exact) mass is 261 g/mol. The maximum atomic E-state index is 12.5. The van der Waals surface area contributed by atoms with E-state index < -0.39 is 5.41 Å². The average Bonchev–Trinajstić information content (AvgIpc) is 2.52. The molecule has 0 spiro atoms. The molecule has 0 saturated carbocycles. The van der Waals surface area contributed by atoms with Crippen LogP contribution in [-0.2, 0) is 15.0 Å². The van der Waals surface area contributed by atoms with Crippen LogP contribution in [0.5, 0.6) is 0 Å². The molecule has 0 aromatic heterocycles. The van der Waals surface area contributed by atoms with Gasteiger partial charge in [-0.25, -0.2) is 0 Å². The number of carbonyl (C=O) groups is 2. The second-order valence-corrected chi connectivity index (χ2v) is 5.41. The lowest BCUT2D eigenvalue weighted by molar-refractivity contribution is -0.124. The van der Waals surface area contributed by atoms with Gasteiger partial charge in [0.15, 0.2) is 5.78 Å². The van der Waals surface area contributed by atoms with E-state index in [1.54, 1.807) is 19.1 Å². The van der Waals surface area contributed by atoms with Gasteiger partial charge in [-0.05, 0) is 31.5 Å². The normalized spacial score (nSPS) is 16.6. The molecule has 5 nitrogen and oxygen atoms in total. The first-order chi connectivity index (χ1) is 8.78. The summed E-state index contributed by atoms with van der Waals surface area (Å²) in [5.74, 6) is -0.0679. The molecule has 0 bridgehead atoms. The Hall–Kier alpha value is -2.04. The van der Waals surface area contributed by atoms with Crippen molar-refractivity contribution in [2.75, 3.05) is 22.9 Å². The molecular weight excluding hydrogens is 242 g/mol. The van der Waals surface area contributed by atoms with Gasteiger partial charge < -0.3 is 16.4 Å². The van der Waals surface area contributed by atoms with Crippen molar-refractivity contribution in [1.82, 2.24) is 0 Å². The first kappa shape index (κ1) is 13.4. The highest BCUT2D eigenvalue weighted by Gasteiger charge is 2.44. The van der Waals surface area contributed by atoms with Gasteiger partial charge in [0, 0.05) is 6.42 Å². The number of nitrogens with zero attached hydrogens (tertiary/aromatic N) is 1. The number of hydrogen-bond donors (Lipinski definition) is 2. The van der Waals surface area contributed by atoms with Gasteiger partial charge in [0.1, 0.15) is 0 Å². The van der Waals surface area contributed by atoms with Gasteiger partial charge in [0.05, 0.1) is 29.0 Å². The smallest absolute Gasteiger partial charge is 0.237 e. The van der Waals surface area contributed by atoms with Crippen molar-refractivity contribution < 1.29 is 9.59 Å². The standard InChI is InChI=1S/C14H19N3O2/c1-4-8(18)7-17-12-6-11(16)10(15)5-9(12)14(2,3)13(17)19/h5-6H,4,7,15-16H2,1-3H3. The number of Topliss-reactive ketones (excluding diaryl/α,β-unsaturated/α-hetero) is 1. The summed E-state index contributed by atoms with van der Waals surface area (Å²) in [6.45, 7) is 5.54. The lowest BCUT2D eigenvalue weighted by atomic mass is 9.86. The van der Waals surface area contributed by atoms with Crippen LogP contribution in [0, 0.1) is 0 Å². The molecule has 19 heavy (non-hydrogen) atoms. The predicted octanol–water partition coefficient (Wildman–Crippen LogP) is 1.45. The molecular formula is C14H19N3O2. The number of ketones is 1. The fourth-order valence-electron chi connectivity index (χ4n) is 2.35. The van der Waals surface area contributed by atoms with Crippen LogP contribution >= 0.6 is 0 Å². The van der Waals surface area contributed by atoms with E-state index in [0.717, 1.165) is 5.56 Å². The van der Waals surface area contributed by atoms with Crippen molar-refractivity contribution in [2.24, 2.45) is 0 Å². The van der Waals surface area contributed by atoms with Gasteiger partial charge in [0.25, 0.3) is 0 Å². The molecule has 0 radical (unpaired) electrons. The van der Waals surface area contributed by atoms with Crippen molar-refractivity contribution in [1.29, 1.82) is 0 Å². The van der Waals surface area contributed by atoms with E-state index in [2.05, 4.69) is 0 Å². The van der Waals surface area contributed by atoms with E-state index in [1.165, 1.54) is 4.90 Å². The number of amides is 1. The minimum atomic E-state index is -0.675. The molecule has 1 heterocycles. The van der Waals surface area contributed by atoms with Crippen LogP contribution in [0.25, 0.3) is 0 Å². The molecule has 2 rings (SSSR count). The molecule has 0 atom stereocenters. The Morgan fingerprint density at radius 1 is 1.26 bits per heavy atom. The van der Waals surface area contributed by atoms with Crippen molar-refractivity contribution in [3.63, 3.8) is 0 Å². The molecule has 0 unspecified atom stereocenters. The van der Waals surface area contributed by atoms with Crippen LogP contribution < -0.4 is 16.4 Å². The Morgan fingerprint density at radius 2 is 1.84 bits per heavy atom. The van der Waals surface area contributed by atoms with Crippen LogP contribution in [0.2, 0.25) is 0 Å². The molecule has 0 fully saturated rings. The highest BCUT2D eigenvalue weighted by atomic mass is 16.2. The Bertz CT molecular complexity index is 564. The first-order valence-electron chi connectivity index (χ1n) is 6.32. The summed E-state index contributed by atoms with van der Waals surface area (Å²) in [6, 6.07) is 3.42. The lowest BCUT2D eigenvalue weighted by Gasteiger charge is -2.19. The largest absolute Gasteiger partial charge is 0.397 e. The maximum Gasteiger partial charge on any atom is 0.237 e. The van der Waals surface area contributed by atoms with Crippen molar-refractivity contribution in [3.8, 4) is 0 Å². The topological polar surface area (TPSA) is 89.4 Å². The first-order valence-corrected chi connectivity index (χ1v) is 6.32. The Morgan fingerprint density at radius 3 is 2.42 bits per heavy atom. The lowest BCUT2D eigenvalue weighted by Crippen LogP contribution is -2.39. The van der Waals surface area contributed by atoms with E-state index in [4.69, 9.17) is 11.5 Å². The highest BCUT2D eigenvalue weighted by molar-refractivity contribution is 6.11. The van der Waals surface area contributed by atoms with Gasteiger partial charge in [-0.3, -0.25) is 9.59 Å². The Labute approximate surface area is 112 Å². The summed E-state index contributed by atoms with van der Waals surface area (Å²) in [6.07, 6.45) is 0.407. The number of hydrogen-bond acceptors (Lipinski definition) is 4. The van der Waals surface area contributed by atoms with Crippen molar-refractivity contribution in [3.05, 3.63) is 17.7 Å². The zero-order chi connectivity index (χ0) is 14.4. The number of carbonyl (C=O) groups excluding carboxylic acids is 2. The summed E-state index contributed by atoms with van der Waals surface area (Å²) in [4.78, 5) is 25.6. The van der Waals surface area contributed by atoms with Crippen LogP contribution in [0.3, 0.4) is 0 Å². The van der Waals surface area contributed by atoms with Crippen LogP contribution in [-0.4, -0.2) is 18.2 Å². The fraction of sp³-hybridized carbons (Fsp3) is 0.429. The molecule has 4 N–H and O–H groups in total. The van der Waals surface area contributed by atoms with Gasteiger partial charge >= 0.3 is 0 Å². The van der Waals surface area contributed by atoms with Crippen LogP contribution in [0.15, 0.2) is 12.1 Å². The molecule has 1 amide bonds. The second kappa shape index (κ2) is 4.26. The van der Waals surface area contributed by atoms with E-state index in [-0.39, 0.29) is 18.2 Å². The van der Waals surface area contributed by atoms with Crippen molar-refractivity contribution >= 4 is 28.8 Å². The molecule has 0 saturated heterocycles. The van der Waals surface area contributed by atoms with Gasteiger partial charge in [0.2, 0.25) is 5.91 Å². The average molecular weight is 261 g/mol. The number of anilines is 3. The summed E-state index contributed by atoms with van der Waals surface area (Å²) >= 11 is 0. The highest BCUT2D eigenvalue weighted by Crippen LogP contribution is 2.44. The molecule has 5 heteroatoms. The van der Waals surface area contributed by atoms with E-state index in [0.29, 0.717) is 23.5 Å². The predicted molar refractivity (Wildman–Crippen MR) is 75.9 cm³/mol.